The fourth-order valence-electron chi connectivity index (χ4n) is 2.14. The molecule has 0 fully saturated rings. The summed E-state index contributed by atoms with van der Waals surface area (Å²) in [4.78, 5) is 14.0. The highest BCUT2D eigenvalue weighted by Gasteiger charge is 2.25. The van der Waals surface area contributed by atoms with Gasteiger partial charge in [-0.05, 0) is 30.2 Å². The van der Waals surface area contributed by atoms with Crippen LogP contribution < -0.4 is 10.6 Å². The van der Waals surface area contributed by atoms with Crippen molar-refractivity contribution in [1.82, 2.24) is 10.2 Å². The summed E-state index contributed by atoms with van der Waals surface area (Å²) < 4.78 is 0. The van der Waals surface area contributed by atoms with Crippen LogP contribution in [0.4, 0.5) is 11.5 Å². The number of nitrogen functional groups attached to an aromatic ring is 1. The number of amides is 1. The van der Waals surface area contributed by atoms with Gasteiger partial charge in [0.15, 0.2) is 5.69 Å². The number of fused-ring (bicyclic) bond motifs is 1. The van der Waals surface area contributed by atoms with Gasteiger partial charge in [-0.3, -0.25) is 4.79 Å². The van der Waals surface area contributed by atoms with Gasteiger partial charge in [0.05, 0.1) is 0 Å². The number of nitrogens with two attached hydrogens (primary N) is 1. The molecule has 0 atom stereocenters. The second-order valence-corrected chi connectivity index (χ2v) is 4.18. The maximum Gasteiger partial charge on any atom is 0.278 e. The standard InChI is InChI=1S/C13H12N4O/c14-12-6-5-10(15-16-12)13(18)17-8-7-9-3-1-2-4-11(9)17/h1-6H,7-8H2,(H2,14,16). The molecule has 0 aliphatic carbocycles. The van der Waals surface area contributed by atoms with E-state index in [1.54, 1.807) is 17.0 Å². The summed E-state index contributed by atoms with van der Waals surface area (Å²) in [6, 6.07) is 11.1. The highest BCUT2D eigenvalue weighted by molar-refractivity contribution is 6.05. The normalized spacial score (nSPS) is 13.4. The topological polar surface area (TPSA) is 72.1 Å². The smallest absolute Gasteiger partial charge is 0.278 e. The Kier molecular flexibility index (Phi) is 2.44. The second-order valence-electron chi connectivity index (χ2n) is 4.18. The van der Waals surface area contributed by atoms with Gasteiger partial charge in [0, 0.05) is 12.2 Å². The predicted molar refractivity (Wildman–Crippen MR) is 68.3 cm³/mol. The number of aromatic nitrogens is 2. The van der Waals surface area contributed by atoms with Crippen LogP contribution in [0.3, 0.4) is 0 Å². The van der Waals surface area contributed by atoms with Crippen molar-refractivity contribution >= 4 is 17.4 Å². The molecule has 18 heavy (non-hydrogen) atoms. The molecular weight excluding hydrogens is 228 g/mol. The molecule has 1 amide bonds. The van der Waals surface area contributed by atoms with E-state index >= 15 is 0 Å². The van der Waals surface area contributed by atoms with Gasteiger partial charge >= 0.3 is 0 Å². The Balaban J connectivity index is 1.93. The molecule has 90 valence electrons. The Hall–Kier alpha value is -2.43. The molecule has 2 aromatic rings. The van der Waals surface area contributed by atoms with E-state index in [1.165, 1.54) is 5.56 Å². The minimum absolute atomic E-state index is 0.132. The second kappa shape index (κ2) is 4.10. The molecule has 1 aromatic carbocycles. The van der Waals surface area contributed by atoms with Crippen molar-refractivity contribution in [2.24, 2.45) is 0 Å². The zero-order chi connectivity index (χ0) is 12.5. The monoisotopic (exact) mass is 240 g/mol. The van der Waals surface area contributed by atoms with Crippen LogP contribution in [0, 0.1) is 0 Å². The molecule has 3 rings (SSSR count). The van der Waals surface area contributed by atoms with Gasteiger partial charge in [-0.25, -0.2) is 0 Å². The van der Waals surface area contributed by atoms with Crippen molar-refractivity contribution in [3.8, 4) is 0 Å². The van der Waals surface area contributed by atoms with Crippen molar-refractivity contribution in [2.45, 2.75) is 6.42 Å². The largest absolute Gasteiger partial charge is 0.382 e. The Bertz CT molecular complexity index is 594. The van der Waals surface area contributed by atoms with Crippen molar-refractivity contribution in [2.75, 3.05) is 17.2 Å². The lowest BCUT2D eigenvalue weighted by atomic mass is 10.2. The van der Waals surface area contributed by atoms with Crippen LogP contribution in [0.25, 0.3) is 0 Å². The van der Waals surface area contributed by atoms with Crippen LogP contribution in [0.1, 0.15) is 16.1 Å². The van der Waals surface area contributed by atoms with Crippen LogP contribution >= 0.6 is 0 Å². The predicted octanol–water partition coefficient (Wildman–Crippen LogP) is 1.26. The van der Waals surface area contributed by atoms with Gasteiger partial charge in [0.2, 0.25) is 0 Å². The maximum absolute atomic E-state index is 12.3. The molecule has 1 aromatic heterocycles. The number of carbonyl (C=O) groups is 1. The Labute approximate surface area is 104 Å². The van der Waals surface area contributed by atoms with Crippen LogP contribution in [0.2, 0.25) is 0 Å². The Morgan fingerprint density at radius 2 is 2.00 bits per heavy atom. The van der Waals surface area contributed by atoms with Crippen molar-refractivity contribution in [1.29, 1.82) is 0 Å². The Morgan fingerprint density at radius 1 is 1.17 bits per heavy atom. The number of nitrogens with zero attached hydrogens (tertiary/aromatic N) is 3. The van der Waals surface area contributed by atoms with Gasteiger partial charge in [-0.15, -0.1) is 10.2 Å². The average molecular weight is 240 g/mol. The number of rotatable bonds is 1. The SMILES string of the molecule is Nc1ccc(C(=O)N2CCc3ccccc32)nn1. The molecule has 0 saturated carbocycles. The number of hydrogen-bond acceptors (Lipinski definition) is 4. The van der Waals surface area contributed by atoms with Crippen LogP contribution in [0.15, 0.2) is 36.4 Å². The van der Waals surface area contributed by atoms with E-state index in [4.69, 9.17) is 5.73 Å². The molecule has 0 bridgehead atoms. The van der Waals surface area contributed by atoms with E-state index in [0.717, 1.165) is 12.1 Å². The highest BCUT2D eigenvalue weighted by atomic mass is 16.2. The molecule has 0 spiro atoms. The van der Waals surface area contributed by atoms with E-state index in [1.807, 2.05) is 24.3 Å². The fraction of sp³-hybridized carbons (Fsp3) is 0.154. The lowest BCUT2D eigenvalue weighted by Crippen LogP contribution is -2.29. The third kappa shape index (κ3) is 1.69. The number of para-hydroxylation sites is 1. The van der Waals surface area contributed by atoms with Crippen molar-refractivity contribution in [3.05, 3.63) is 47.7 Å². The third-order valence-corrected chi connectivity index (χ3v) is 3.04. The molecule has 5 nitrogen and oxygen atoms in total. The summed E-state index contributed by atoms with van der Waals surface area (Å²) in [5.74, 6) is 0.181. The van der Waals surface area contributed by atoms with E-state index in [9.17, 15) is 4.79 Å². The zero-order valence-electron chi connectivity index (χ0n) is 9.71. The number of hydrogen-bond donors (Lipinski definition) is 1. The van der Waals surface area contributed by atoms with E-state index < -0.39 is 0 Å². The summed E-state index contributed by atoms with van der Waals surface area (Å²) >= 11 is 0. The molecule has 1 aliphatic rings. The minimum Gasteiger partial charge on any atom is -0.382 e. The van der Waals surface area contributed by atoms with Crippen LogP contribution in [-0.4, -0.2) is 22.6 Å². The van der Waals surface area contributed by atoms with E-state index in [-0.39, 0.29) is 5.91 Å². The molecule has 2 heterocycles. The maximum atomic E-state index is 12.3. The summed E-state index contributed by atoms with van der Waals surface area (Å²) in [5.41, 5.74) is 7.93. The lowest BCUT2D eigenvalue weighted by molar-refractivity contribution is 0.0983. The molecular formula is C13H12N4O. The molecule has 5 heteroatoms. The highest BCUT2D eigenvalue weighted by Crippen LogP contribution is 2.28. The summed E-state index contributed by atoms with van der Waals surface area (Å²) in [6.07, 6.45) is 0.879. The summed E-state index contributed by atoms with van der Waals surface area (Å²) in [6.45, 7) is 0.685. The lowest BCUT2D eigenvalue weighted by Gasteiger charge is -2.16. The van der Waals surface area contributed by atoms with Crippen molar-refractivity contribution < 1.29 is 4.79 Å². The van der Waals surface area contributed by atoms with Crippen LogP contribution in [0.5, 0.6) is 0 Å². The number of carbonyl (C=O) groups excluding carboxylic acids is 1. The van der Waals surface area contributed by atoms with Gasteiger partial charge in [0.25, 0.3) is 5.91 Å². The quantitative estimate of drug-likeness (QED) is 0.814. The summed E-state index contributed by atoms with van der Waals surface area (Å²) in [5, 5.41) is 7.54. The number of benzene rings is 1. The van der Waals surface area contributed by atoms with E-state index in [2.05, 4.69) is 10.2 Å². The first-order valence-corrected chi connectivity index (χ1v) is 5.75. The fourth-order valence-corrected chi connectivity index (χ4v) is 2.14. The molecule has 0 unspecified atom stereocenters. The van der Waals surface area contributed by atoms with Crippen LogP contribution in [-0.2, 0) is 6.42 Å². The van der Waals surface area contributed by atoms with Gasteiger partial charge < -0.3 is 10.6 Å². The van der Waals surface area contributed by atoms with Crippen molar-refractivity contribution in [3.63, 3.8) is 0 Å². The molecule has 2 N–H and O–H groups in total. The van der Waals surface area contributed by atoms with E-state index in [0.29, 0.717) is 18.1 Å². The van der Waals surface area contributed by atoms with Gasteiger partial charge in [0.1, 0.15) is 5.82 Å². The first-order chi connectivity index (χ1) is 8.75. The van der Waals surface area contributed by atoms with Gasteiger partial charge in [-0.1, -0.05) is 18.2 Å². The minimum atomic E-state index is -0.132. The molecule has 1 aliphatic heterocycles. The first-order valence-electron chi connectivity index (χ1n) is 5.75. The summed E-state index contributed by atoms with van der Waals surface area (Å²) in [7, 11) is 0. The number of anilines is 2. The molecule has 0 saturated heterocycles. The average Bonchev–Trinajstić information content (AvgIpc) is 2.82. The Morgan fingerprint density at radius 3 is 2.78 bits per heavy atom. The molecule has 0 radical (unpaired) electrons. The van der Waals surface area contributed by atoms with Gasteiger partial charge in [-0.2, -0.15) is 0 Å². The first kappa shape index (κ1) is 10.7. The third-order valence-electron chi connectivity index (χ3n) is 3.04. The zero-order valence-corrected chi connectivity index (χ0v) is 9.71.